The summed E-state index contributed by atoms with van der Waals surface area (Å²) in [7, 11) is 0. The molecule has 0 saturated heterocycles. The normalized spacial score (nSPS) is 16.3. The van der Waals surface area contributed by atoms with E-state index in [2.05, 4.69) is 95.8 Å². The van der Waals surface area contributed by atoms with Gasteiger partial charge < -0.3 is 0 Å². The molecule has 0 unspecified atom stereocenters. The standard InChI is InChI=1S/C51H48N2/c1-35-13-28-50(52-33-35)44-18-16-38(17-19-44)14-15-39-29-36(2)30-46(31-39)48-12-8-7-11-47(48)42-24-26-45(27-25-42)51-32-49(37(3)34-53-51)43-22-20-41(21-23-43)40-9-5-4-6-10-40/h7-8,11-13,16-34,40H,4-6,9-10,14-15H2,1-3H3/i1D3,3D3,40D. The molecule has 1 fully saturated rings. The number of rotatable bonds is 9. The van der Waals surface area contributed by atoms with Crippen molar-refractivity contribution in [2.24, 2.45) is 0 Å². The van der Waals surface area contributed by atoms with Crippen LogP contribution in [0.2, 0.25) is 0 Å². The molecule has 0 N–H and O–H groups in total. The summed E-state index contributed by atoms with van der Waals surface area (Å²) >= 11 is 0. The lowest BCUT2D eigenvalue weighted by Gasteiger charge is -2.22. The molecule has 1 aliphatic carbocycles. The molecule has 0 bridgehead atoms. The number of pyridine rings is 2. The first-order valence-electron chi connectivity index (χ1n) is 22.2. The lowest BCUT2D eigenvalue weighted by molar-refractivity contribution is 0.443. The zero-order chi connectivity index (χ0) is 42.1. The molecule has 2 heterocycles. The van der Waals surface area contributed by atoms with Crippen molar-refractivity contribution in [1.29, 1.82) is 0 Å². The van der Waals surface area contributed by atoms with Gasteiger partial charge in [0, 0.05) is 33.1 Å². The van der Waals surface area contributed by atoms with Crippen molar-refractivity contribution in [1.82, 2.24) is 9.97 Å². The quantitative estimate of drug-likeness (QED) is 0.150. The average Bonchev–Trinajstić information content (AvgIpc) is 3.25. The highest BCUT2D eigenvalue weighted by Gasteiger charge is 2.16. The van der Waals surface area contributed by atoms with Crippen LogP contribution < -0.4 is 0 Å². The Morgan fingerprint density at radius 1 is 0.528 bits per heavy atom. The number of hydrogen-bond acceptors (Lipinski definition) is 2. The minimum atomic E-state index is -2.33. The number of nitrogens with zero attached hydrogens (tertiary/aromatic N) is 2. The van der Waals surface area contributed by atoms with Crippen molar-refractivity contribution in [3.63, 3.8) is 0 Å². The van der Waals surface area contributed by atoms with Crippen molar-refractivity contribution in [3.05, 3.63) is 179 Å². The molecule has 1 saturated carbocycles. The topological polar surface area (TPSA) is 25.8 Å². The second-order valence-corrected chi connectivity index (χ2v) is 14.3. The number of aromatic nitrogens is 2. The van der Waals surface area contributed by atoms with E-state index in [0.29, 0.717) is 11.3 Å². The fraction of sp³-hybridized carbons (Fsp3) is 0.216. The molecule has 0 spiro atoms. The van der Waals surface area contributed by atoms with Gasteiger partial charge >= 0.3 is 0 Å². The summed E-state index contributed by atoms with van der Waals surface area (Å²) < 4.78 is 56.7. The second-order valence-electron chi connectivity index (χ2n) is 14.3. The summed E-state index contributed by atoms with van der Waals surface area (Å²) in [5.41, 5.74) is 14.3. The fourth-order valence-corrected chi connectivity index (χ4v) is 7.67. The van der Waals surface area contributed by atoms with Crippen molar-refractivity contribution < 1.29 is 9.60 Å². The van der Waals surface area contributed by atoms with Gasteiger partial charge in [-0.25, -0.2) is 0 Å². The van der Waals surface area contributed by atoms with Gasteiger partial charge in [-0.15, -0.1) is 0 Å². The smallest absolute Gasteiger partial charge is 0.0708 e. The summed E-state index contributed by atoms with van der Waals surface area (Å²) in [5.74, 6) is -0.578. The third-order valence-electron chi connectivity index (χ3n) is 10.5. The highest BCUT2D eigenvalue weighted by atomic mass is 14.7. The van der Waals surface area contributed by atoms with Crippen LogP contribution in [0.25, 0.3) is 55.9 Å². The third kappa shape index (κ3) is 7.93. The van der Waals surface area contributed by atoms with Crippen molar-refractivity contribution >= 4 is 0 Å². The van der Waals surface area contributed by atoms with Gasteiger partial charge in [0.05, 0.1) is 11.4 Å². The fourth-order valence-electron chi connectivity index (χ4n) is 7.67. The summed E-state index contributed by atoms with van der Waals surface area (Å²) in [6, 6.07) is 45.1. The van der Waals surface area contributed by atoms with Crippen molar-refractivity contribution in [3.8, 4) is 55.9 Å². The van der Waals surface area contributed by atoms with Gasteiger partial charge in [-0.05, 0) is 126 Å². The van der Waals surface area contributed by atoms with Gasteiger partial charge in [0.1, 0.15) is 0 Å². The molecule has 0 aliphatic heterocycles. The zero-order valence-electron chi connectivity index (χ0n) is 37.2. The molecule has 2 heteroatoms. The minimum absolute atomic E-state index is 0.216. The van der Waals surface area contributed by atoms with Crippen molar-refractivity contribution in [2.75, 3.05) is 0 Å². The first kappa shape index (κ1) is 27.1. The Bertz CT molecular complexity index is 2590. The Morgan fingerprint density at radius 3 is 1.89 bits per heavy atom. The van der Waals surface area contributed by atoms with E-state index in [1.54, 1.807) is 12.1 Å². The molecule has 53 heavy (non-hydrogen) atoms. The summed E-state index contributed by atoms with van der Waals surface area (Å²) in [5, 5.41) is 0. The van der Waals surface area contributed by atoms with Gasteiger partial charge in [-0.1, -0.05) is 146 Å². The van der Waals surface area contributed by atoms with E-state index < -0.39 is 19.6 Å². The van der Waals surface area contributed by atoms with E-state index in [9.17, 15) is 0 Å². The first-order valence-corrected chi connectivity index (χ1v) is 18.7. The van der Waals surface area contributed by atoms with E-state index in [1.807, 2.05) is 42.5 Å². The van der Waals surface area contributed by atoms with Crippen LogP contribution >= 0.6 is 0 Å². The van der Waals surface area contributed by atoms with Crippen LogP contribution in [0.3, 0.4) is 0 Å². The van der Waals surface area contributed by atoms with Crippen LogP contribution in [0, 0.1) is 20.6 Å². The van der Waals surface area contributed by atoms with E-state index in [-0.39, 0.29) is 11.1 Å². The molecular formula is C51H48N2. The number of aryl methyl sites for hydroxylation is 5. The summed E-state index contributed by atoms with van der Waals surface area (Å²) in [4.78, 5) is 9.04. The van der Waals surface area contributed by atoms with Crippen LogP contribution in [0.4, 0.5) is 0 Å². The predicted octanol–water partition coefficient (Wildman–Crippen LogP) is 13.6. The van der Waals surface area contributed by atoms with Crippen molar-refractivity contribution in [2.45, 2.75) is 71.5 Å². The molecule has 2 aromatic heterocycles. The highest BCUT2D eigenvalue weighted by Crippen LogP contribution is 2.37. The monoisotopic (exact) mass is 695 g/mol. The molecule has 2 nitrogen and oxygen atoms in total. The summed E-state index contributed by atoms with van der Waals surface area (Å²) in [6.45, 7) is -2.36. The maximum absolute atomic E-state index is 9.06. The van der Waals surface area contributed by atoms with Crippen LogP contribution in [0.5, 0.6) is 0 Å². The van der Waals surface area contributed by atoms with Crippen LogP contribution in [0.15, 0.2) is 146 Å². The van der Waals surface area contributed by atoms with Crippen LogP contribution in [-0.2, 0) is 12.8 Å². The van der Waals surface area contributed by atoms with Crippen LogP contribution in [-0.4, -0.2) is 9.97 Å². The second kappa shape index (κ2) is 15.6. The van der Waals surface area contributed by atoms with E-state index in [0.717, 1.165) is 88.7 Å². The molecule has 262 valence electrons. The SMILES string of the molecule is [2H]C([2H])([2H])c1ccc(-c2ccc(CCc3cc(C)cc(-c4ccccc4-c4ccc(-c5cc(-c6ccc(C7([2H])CCCCC7)cc6)c(C([2H])([2H])[2H])cn5)cc4)c3)cc2)nc1. The van der Waals surface area contributed by atoms with Gasteiger partial charge in [0.2, 0.25) is 0 Å². The molecular weight excluding hydrogens is 641 g/mol. The Balaban J connectivity index is 1.01. The van der Waals surface area contributed by atoms with Crippen LogP contribution in [0.1, 0.15) is 81.0 Å². The molecule has 0 radical (unpaired) electrons. The molecule has 1 aliphatic rings. The largest absolute Gasteiger partial charge is 0.256 e. The first-order chi connectivity index (χ1) is 28.7. The van der Waals surface area contributed by atoms with E-state index >= 15 is 0 Å². The maximum atomic E-state index is 9.06. The van der Waals surface area contributed by atoms with Gasteiger partial charge in [-0.2, -0.15) is 0 Å². The lowest BCUT2D eigenvalue weighted by atomic mass is 9.83. The third-order valence-corrected chi connectivity index (χ3v) is 10.5. The Morgan fingerprint density at radius 2 is 1.17 bits per heavy atom. The Kier molecular flexibility index (Phi) is 7.95. The number of benzene rings is 5. The highest BCUT2D eigenvalue weighted by molar-refractivity contribution is 5.85. The predicted molar refractivity (Wildman–Crippen MR) is 223 cm³/mol. The molecule has 8 rings (SSSR count). The minimum Gasteiger partial charge on any atom is -0.256 e. The summed E-state index contributed by atoms with van der Waals surface area (Å²) in [6.07, 6.45) is 9.69. The molecule has 0 amide bonds. The Hall–Kier alpha value is -5.60. The molecule has 7 aromatic rings. The average molecular weight is 696 g/mol. The molecule has 0 atom stereocenters. The van der Waals surface area contributed by atoms with E-state index in [1.165, 1.54) is 35.5 Å². The van der Waals surface area contributed by atoms with Gasteiger partial charge in [0.25, 0.3) is 0 Å². The molecule has 5 aromatic carbocycles. The Labute approximate surface area is 325 Å². The lowest BCUT2D eigenvalue weighted by Crippen LogP contribution is -2.04. The number of hydrogen-bond donors (Lipinski definition) is 0. The maximum Gasteiger partial charge on any atom is 0.0708 e. The van der Waals surface area contributed by atoms with Gasteiger partial charge in [0.15, 0.2) is 0 Å². The van der Waals surface area contributed by atoms with Gasteiger partial charge in [-0.3, -0.25) is 9.97 Å². The van der Waals surface area contributed by atoms with E-state index in [4.69, 9.17) is 9.60 Å². The zero-order valence-corrected chi connectivity index (χ0v) is 30.2.